The number of rotatable bonds is 3. The summed E-state index contributed by atoms with van der Waals surface area (Å²) in [6.07, 6.45) is 3.10. The standard InChI is InChI=1S/C20H25N5O2/c1-13-9-14(2)18(15(3)10-13)23-20-21-11-17(12-22-20)19(27)25-7-5-24(6-8-25)16(4)26/h9-12H,5-8H2,1-4H3,(H,21,22,23). The molecule has 0 saturated carbocycles. The highest BCUT2D eigenvalue weighted by Crippen LogP contribution is 2.24. The molecule has 3 rings (SSSR count). The van der Waals surface area contributed by atoms with Crippen LogP contribution in [0.1, 0.15) is 34.0 Å². The molecule has 0 unspecified atom stereocenters. The quantitative estimate of drug-likeness (QED) is 0.902. The van der Waals surface area contributed by atoms with Crippen molar-refractivity contribution in [2.24, 2.45) is 0 Å². The van der Waals surface area contributed by atoms with Gasteiger partial charge in [0.2, 0.25) is 11.9 Å². The Morgan fingerprint density at radius 2 is 1.44 bits per heavy atom. The van der Waals surface area contributed by atoms with E-state index in [-0.39, 0.29) is 11.8 Å². The summed E-state index contributed by atoms with van der Waals surface area (Å²) < 4.78 is 0. The molecule has 27 heavy (non-hydrogen) atoms. The van der Waals surface area contributed by atoms with Crippen molar-refractivity contribution in [2.45, 2.75) is 27.7 Å². The summed E-state index contributed by atoms with van der Waals surface area (Å²) in [5.41, 5.74) is 4.90. The molecular weight excluding hydrogens is 342 g/mol. The minimum atomic E-state index is -0.104. The van der Waals surface area contributed by atoms with Gasteiger partial charge in [0, 0.05) is 51.2 Å². The first kappa shape index (κ1) is 18.8. The summed E-state index contributed by atoms with van der Waals surface area (Å²) in [6.45, 7) is 9.88. The van der Waals surface area contributed by atoms with E-state index >= 15 is 0 Å². The summed E-state index contributed by atoms with van der Waals surface area (Å²) in [5, 5.41) is 3.24. The molecule has 1 N–H and O–H groups in total. The van der Waals surface area contributed by atoms with Gasteiger partial charge in [0.25, 0.3) is 5.91 Å². The first-order chi connectivity index (χ1) is 12.8. The van der Waals surface area contributed by atoms with Gasteiger partial charge in [-0.05, 0) is 31.9 Å². The molecule has 1 aliphatic rings. The van der Waals surface area contributed by atoms with E-state index in [2.05, 4.69) is 34.3 Å². The lowest BCUT2D eigenvalue weighted by atomic mass is 10.1. The molecule has 0 aliphatic carbocycles. The van der Waals surface area contributed by atoms with Crippen LogP contribution in [0.2, 0.25) is 0 Å². The molecule has 0 spiro atoms. The van der Waals surface area contributed by atoms with Crippen molar-refractivity contribution in [1.29, 1.82) is 0 Å². The molecule has 7 nitrogen and oxygen atoms in total. The lowest BCUT2D eigenvalue weighted by Gasteiger charge is -2.34. The summed E-state index contributed by atoms with van der Waals surface area (Å²) in [6, 6.07) is 4.21. The van der Waals surface area contributed by atoms with Crippen LogP contribution in [0.15, 0.2) is 24.5 Å². The van der Waals surface area contributed by atoms with E-state index in [9.17, 15) is 9.59 Å². The number of aryl methyl sites for hydroxylation is 3. The van der Waals surface area contributed by atoms with Gasteiger partial charge in [-0.25, -0.2) is 9.97 Å². The number of piperazine rings is 1. The predicted molar refractivity (Wildman–Crippen MR) is 104 cm³/mol. The third-order valence-corrected chi connectivity index (χ3v) is 4.82. The maximum Gasteiger partial charge on any atom is 0.257 e. The van der Waals surface area contributed by atoms with E-state index in [4.69, 9.17) is 0 Å². The molecule has 2 amide bonds. The van der Waals surface area contributed by atoms with Crippen molar-refractivity contribution in [3.8, 4) is 0 Å². The van der Waals surface area contributed by atoms with Gasteiger partial charge < -0.3 is 15.1 Å². The van der Waals surface area contributed by atoms with E-state index in [0.29, 0.717) is 37.7 Å². The molecule has 142 valence electrons. The van der Waals surface area contributed by atoms with E-state index in [0.717, 1.165) is 16.8 Å². The van der Waals surface area contributed by atoms with Crippen molar-refractivity contribution in [2.75, 3.05) is 31.5 Å². The number of hydrogen-bond acceptors (Lipinski definition) is 5. The van der Waals surface area contributed by atoms with Crippen LogP contribution >= 0.6 is 0 Å². The average molecular weight is 367 g/mol. The van der Waals surface area contributed by atoms with Crippen LogP contribution in [-0.2, 0) is 4.79 Å². The largest absolute Gasteiger partial charge is 0.339 e. The zero-order valence-electron chi connectivity index (χ0n) is 16.2. The first-order valence-corrected chi connectivity index (χ1v) is 9.07. The Labute approximate surface area is 159 Å². The maximum absolute atomic E-state index is 12.6. The van der Waals surface area contributed by atoms with Crippen LogP contribution in [0, 0.1) is 20.8 Å². The molecular formula is C20H25N5O2. The molecule has 1 fully saturated rings. The highest BCUT2D eigenvalue weighted by atomic mass is 16.2. The molecule has 7 heteroatoms. The van der Waals surface area contributed by atoms with Gasteiger partial charge in [-0.1, -0.05) is 17.7 Å². The van der Waals surface area contributed by atoms with Crippen LogP contribution < -0.4 is 5.32 Å². The lowest BCUT2D eigenvalue weighted by Crippen LogP contribution is -2.50. The average Bonchev–Trinajstić information content (AvgIpc) is 2.64. The minimum Gasteiger partial charge on any atom is -0.339 e. The van der Waals surface area contributed by atoms with Crippen molar-refractivity contribution < 1.29 is 9.59 Å². The Hall–Kier alpha value is -2.96. The Morgan fingerprint density at radius 1 is 0.926 bits per heavy atom. The third kappa shape index (κ3) is 4.24. The van der Waals surface area contributed by atoms with Gasteiger partial charge >= 0.3 is 0 Å². The van der Waals surface area contributed by atoms with Crippen LogP contribution in [0.3, 0.4) is 0 Å². The zero-order chi connectivity index (χ0) is 19.6. The normalized spacial score (nSPS) is 14.2. The van der Waals surface area contributed by atoms with Crippen molar-refractivity contribution in [3.05, 3.63) is 46.8 Å². The Morgan fingerprint density at radius 3 is 1.96 bits per heavy atom. The number of nitrogens with zero attached hydrogens (tertiary/aromatic N) is 4. The van der Waals surface area contributed by atoms with Crippen LogP contribution in [-0.4, -0.2) is 57.8 Å². The second kappa shape index (κ2) is 7.73. The lowest BCUT2D eigenvalue weighted by molar-refractivity contribution is -0.130. The summed E-state index contributed by atoms with van der Waals surface area (Å²) in [5.74, 6) is 0.401. The number of anilines is 2. The molecule has 2 heterocycles. The van der Waals surface area contributed by atoms with Gasteiger partial charge in [0.1, 0.15) is 0 Å². The Balaban J connectivity index is 1.67. The maximum atomic E-state index is 12.6. The molecule has 0 atom stereocenters. The molecule has 2 aromatic rings. The predicted octanol–water partition coefficient (Wildman–Crippen LogP) is 2.45. The Bertz CT molecular complexity index is 832. The van der Waals surface area contributed by atoms with Crippen LogP contribution in [0.25, 0.3) is 0 Å². The molecule has 0 bridgehead atoms. The smallest absolute Gasteiger partial charge is 0.257 e. The molecule has 1 saturated heterocycles. The van der Waals surface area contributed by atoms with Gasteiger partial charge in [-0.2, -0.15) is 0 Å². The highest BCUT2D eigenvalue weighted by Gasteiger charge is 2.23. The SMILES string of the molecule is CC(=O)N1CCN(C(=O)c2cnc(Nc3c(C)cc(C)cc3C)nc2)CC1. The number of amides is 2. The van der Waals surface area contributed by atoms with E-state index < -0.39 is 0 Å². The highest BCUT2D eigenvalue weighted by molar-refractivity contribution is 5.94. The number of nitrogens with one attached hydrogen (secondary N) is 1. The monoisotopic (exact) mass is 367 g/mol. The zero-order valence-corrected chi connectivity index (χ0v) is 16.2. The topological polar surface area (TPSA) is 78.4 Å². The van der Waals surface area contributed by atoms with Crippen LogP contribution in [0.5, 0.6) is 0 Å². The van der Waals surface area contributed by atoms with Crippen molar-refractivity contribution >= 4 is 23.5 Å². The van der Waals surface area contributed by atoms with E-state index in [1.54, 1.807) is 29.1 Å². The van der Waals surface area contributed by atoms with Crippen LogP contribution in [0.4, 0.5) is 11.6 Å². The van der Waals surface area contributed by atoms with Gasteiger partial charge in [-0.15, -0.1) is 0 Å². The summed E-state index contributed by atoms with van der Waals surface area (Å²) in [7, 11) is 0. The van der Waals surface area contributed by atoms with E-state index in [1.165, 1.54) is 5.56 Å². The second-order valence-electron chi connectivity index (χ2n) is 6.99. The second-order valence-corrected chi connectivity index (χ2v) is 6.99. The fourth-order valence-electron chi connectivity index (χ4n) is 3.40. The molecule has 1 aromatic heterocycles. The fourth-order valence-corrected chi connectivity index (χ4v) is 3.40. The van der Waals surface area contributed by atoms with E-state index in [1.807, 2.05) is 13.8 Å². The molecule has 1 aromatic carbocycles. The van der Waals surface area contributed by atoms with Gasteiger partial charge in [0.05, 0.1) is 5.56 Å². The summed E-state index contributed by atoms with van der Waals surface area (Å²) >= 11 is 0. The number of carbonyl (C=O) groups is 2. The number of aromatic nitrogens is 2. The fraction of sp³-hybridized carbons (Fsp3) is 0.400. The summed E-state index contributed by atoms with van der Waals surface area (Å²) in [4.78, 5) is 36.1. The first-order valence-electron chi connectivity index (χ1n) is 9.07. The van der Waals surface area contributed by atoms with Gasteiger partial charge in [-0.3, -0.25) is 9.59 Å². The number of carbonyl (C=O) groups excluding carboxylic acids is 2. The molecule has 1 aliphatic heterocycles. The number of hydrogen-bond donors (Lipinski definition) is 1. The minimum absolute atomic E-state index is 0.0440. The van der Waals surface area contributed by atoms with Crippen molar-refractivity contribution in [3.63, 3.8) is 0 Å². The Kier molecular flexibility index (Phi) is 5.39. The van der Waals surface area contributed by atoms with Gasteiger partial charge in [0.15, 0.2) is 0 Å². The third-order valence-electron chi connectivity index (χ3n) is 4.82. The molecule has 0 radical (unpaired) electrons. The van der Waals surface area contributed by atoms with Crippen molar-refractivity contribution in [1.82, 2.24) is 19.8 Å². The number of benzene rings is 1.